The number of rotatable bonds is 3. The van der Waals surface area contributed by atoms with E-state index in [2.05, 4.69) is 35.7 Å². The van der Waals surface area contributed by atoms with Gasteiger partial charge in [0.25, 0.3) is 0 Å². The molecule has 1 atom stereocenters. The number of hydrogen-bond donors (Lipinski definition) is 1. The lowest BCUT2D eigenvalue weighted by Crippen LogP contribution is -2.37. The van der Waals surface area contributed by atoms with Gasteiger partial charge in [0.05, 0.1) is 12.1 Å². The lowest BCUT2D eigenvalue weighted by molar-refractivity contribution is -0.126. The molecule has 124 valence electrons. The molecule has 0 saturated heterocycles. The lowest BCUT2D eigenvalue weighted by atomic mass is 9.94. The Morgan fingerprint density at radius 2 is 1.62 bits per heavy atom. The van der Waals surface area contributed by atoms with Crippen LogP contribution in [0.15, 0.2) is 42.5 Å². The molecule has 0 aliphatic heterocycles. The summed E-state index contributed by atoms with van der Waals surface area (Å²) in [5, 5.41) is 15.1. The fraction of sp³-hybridized carbons (Fsp3) is 0.429. The van der Waals surface area contributed by atoms with Gasteiger partial charge in [-0.15, -0.1) is 0 Å². The van der Waals surface area contributed by atoms with Crippen molar-refractivity contribution in [3.63, 3.8) is 0 Å². The minimum absolute atomic E-state index is 0.139. The first-order chi connectivity index (χ1) is 11.2. The fourth-order valence-corrected chi connectivity index (χ4v) is 4.08. The molecule has 2 aromatic rings. The van der Waals surface area contributed by atoms with Crippen LogP contribution in [0.25, 0.3) is 10.8 Å². The van der Waals surface area contributed by atoms with Crippen molar-refractivity contribution < 1.29 is 4.79 Å². The standard InChI is InChI=1S/C21H24N2O/c1-14(16-11-10-15-8-6-7-9-17(15)12-16)23-18(24)21(13-22)19(2,3)20(21,4)5/h6-12,14H,1-5H3,(H,23,24). The van der Waals surface area contributed by atoms with Crippen LogP contribution in [-0.2, 0) is 4.79 Å². The van der Waals surface area contributed by atoms with E-state index in [-0.39, 0.29) is 22.8 Å². The van der Waals surface area contributed by atoms with Crippen LogP contribution in [0.1, 0.15) is 46.2 Å². The van der Waals surface area contributed by atoms with Crippen LogP contribution < -0.4 is 5.32 Å². The molecule has 0 heterocycles. The molecule has 24 heavy (non-hydrogen) atoms. The zero-order valence-electron chi connectivity index (χ0n) is 15.0. The quantitative estimate of drug-likeness (QED) is 0.899. The third kappa shape index (κ3) is 1.92. The van der Waals surface area contributed by atoms with Gasteiger partial charge in [-0.1, -0.05) is 64.1 Å². The SMILES string of the molecule is CC(NC(=O)C1(C#N)C(C)(C)C1(C)C)c1ccc2ccccc2c1. The molecule has 0 spiro atoms. The highest BCUT2D eigenvalue weighted by molar-refractivity contribution is 5.92. The first-order valence-corrected chi connectivity index (χ1v) is 8.40. The van der Waals surface area contributed by atoms with Crippen molar-refractivity contribution in [2.24, 2.45) is 16.2 Å². The van der Waals surface area contributed by atoms with E-state index in [1.807, 2.05) is 52.8 Å². The minimum atomic E-state index is -0.967. The molecule has 1 aliphatic carbocycles. The zero-order valence-corrected chi connectivity index (χ0v) is 15.0. The maximum Gasteiger partial charge on any atom is 0.242 e. The van der Waals surface area contributed by atoms with E-state index in [4.69, 9.17) is 0 Å². The molecular weight excluding hydrogens is 296 g/mol. The average Bonchev–Trinajstić information content (AvgIpc) is 2.91. The van der Waals surface area contributed by atoms with Crippen molar-refractivity contribution in [1.82, 2.24) is 5.32 Å². The summed E-state index contributed by atoms with van der Waals surface area (Å²) in [5.41, 5.74) is -0.582. The summed E-state index contributed by atoms with van der Waals surface area (Å²) in [4.78, 5) is 12.9. The van der Waals surface area contributed by atoms with Gasteiger partial charge in [0.2, 0.25) is 5.91 Å². The van der Waals surface area contributed by atoms with E-state index in [9.17, 15) is 10.1 Å². The smallest absolute Gasteiger partial charge is 0.242 e. The summed E-state index contributed by atoms with van der Waals surface area (Å²) in [6, 6.07) is 16.5. The molecule has 3 rings (SSSR count). The second kappa shape index (κ2) is 5.08. The average molecular weight is 320 g/mol. The predicted molar refractivity (Wildman–Crippen MR) is 96.1 cm³/mol. The lowest BCUT2D eigenvalue weighted by Gasteiger charge is -2.19. The van der Waals surface area contributed by atoms with Gasteiger partial charge in [-0.25, -0.2) is 0 Å². The van der Waals surface area contributed by atoms with Crippen LogP contribution in [0.5, 0.6) is 0 Å². The summed E-state index contributed by atoms with van der Waals surface area (Å²) < 4.78 is 0. The molecule has 0 bridgehead atoms. The van der Waals surface area contributed by atoms with Gasteiger partial charge in [0.15, 0.2) is 0 Å². The van der Waals surface area contributed by atoms with E-state index in [1.165, 1.54) is 5.39 Å². The summed E-state index contributed by atoms with van der Waals surface area (Å²) in [7, 11) is 0. The largest absolute Gasteiger partial charge is 0.348 e. The van der Waals surface area contributed by atoms with Gasteiger partial charge in [-0.3, -0.25) is 4.79 Å². The fourth-order valence-electron chi connectivity index (χ4n) is 4.08. The van der Waals surface area contributed by atoms with Crippen molar-refractivity contribution in [3.8, 4) is 6.07 Å². The van der Waals surface area contributed by atoms with Gasteiger partial charge < -0.3 is 5.32 Å². The normalized spacial score (nSPS) is 20.8. The first-order valence-electron chi connectivity index (χ1n) is 8.40. The van der Waals surface area contributed by atoms with E-state index in [1.54, 1.807) is 0 Å². The Balaban J connectivity index is 1.85. The maximum absolute atomic E-state index is 12.9. The first kappa shape index (κ1) is 16.5. The number of hydrogen-bond acceptors (Lipinski definition) is 2. The van der Waals surface area contributed by atoms with E-state index in [0.29, 0.717) is 0 Å². The van der Waals surface area contributed by atoms with Crippen molar-refractivity contribution in [2.75, 3.05) is 0 Å². The molecule has 1 N–H and O–H groups in total. The topological polar surface area (TPSA) is 52.9 Å². The summed E-state index contributed by atoms with van der Waals surface area (Å²) in [5.74, 6) is -0.166. The summed E-state index contributed by atoms with van der Waals surface area (Å²) in [6.07, 6.45) is 0. The number of carbonyl (C=O) groups excluding carboxylic acids is 1. The monoisotopic (exact) mass is 320 g/mol. The number of fused-ring (bicyclic) bond motifs is 1. The summed E-state index contributed by atoms with van der Waals surface area (Å²) in [6.45, 7) is 9.95. The number of nitriles is 1. The molecule has 1 saturated carbocycles. The van der Waals surface area contributed by atoms with Crippen molar-refractivity contribution in [3.05, 3.63) is 48.0 Å². The van der Waals surface area contributed by atoms with E-state index < -0.39 is 5.41 Å². The third-order valence-corrected chi connectivity index (χ3v) is 6.50. The van der Waals surface area contributed by atoms with Gasteiger partial charge in [0.1, 0.15) is 5.41 Å². The van der Waals surface area contributed by atoms with Crippen LogP contribution in [0.2, 0.25) is 0 Å². The second-order valence-corrected chi connectivity index (χ2v) is 7.91. The number of nitrogens with zero attached hydrogens (tertiary/aromatic N) is 1. The third-order valence-electron chi connectivity index (χ3n) is 6.50. The van der Waals surface area contributed by atoms with Gasteiger partial charge in [0, 0.05) is 10.8 Å². The van der Waals surface area contributed by atoms with Crippen LogP contribution >= 0.6 is 0 Å². The Labute approximate surface area is 143 Å². The van der Waals surface area contributed by atoms with Gasteiger partial charge >= 0.3 is 0 Å². The van der Waals surface area contributed by atoms with Crippen molar-refractivity contribution in [1.29, 1.82) is 5.26 Å². The molecule has 3 nitrogen and oxygen atoms in total. The van der Waals surface area contributed by atoms with E-state index in [0.717, 1.165) is 10.9 Å². The molecule has 0 radical (unpaired) electrons. The number of carbonyl (C=O) groups is 1. The maximum atomic E-state index is 12.9. The highest BCUT2D eigenvalue weighted by atomic mass is 16.2. The molecule has 0 aromatic heterocycles. The van der Waals surface area contributed by atoms with Crippen LogP contribution in [-0.4, -0.2) is 5.91 Å². The minimum Gasteiger partial charge on any atom is -0.348 e. The van der Waals surface area contributed by atoms with Crippen LogP contribution in [0.4, 0.5) is 0 Å². The molecule has 1 unspecified atom stereocenters. The summed E-state index contributed by atoms with van der Waals surface area (Å²) >= 11 is 0. The van der Waals surface area contributed by atoms with Gasteiger partial charge in [-0.2, -0.15) is 5.26 Å². The van der Waals surface area contributed by atoms with Crippen molar-refractivity contribution >= 4 is 16.7 Å². The second-order valence-electron chi connectivity index (χ2n) is 7.91. The highest BCUT2D eigenvalue weighted by Crippen LogP contribution is 2.77. The number of amides is 1. The highest BCUT2D eigenvalue weighted by Gasteiger charge is 2.82. The number of benzene rings is 2. The predicted octanol–water partition coefficient (Wildman–Crippen LogP) is 4.59. The molecule has 1 amide bonds. The van der Waals surface area contributed by atoms with Gasteiger partial charge in [-0.05, 0) is 29.3 Å². The molecule has 2 aromatic carbocycles. The Kier molecular flexibility index (Phi) is 3.49. The Hall–Kier alpha value is -2.34. The molecular formula is C21H24N2O. The Bertz CT molecular complexity index is 844. The zero-order chi connectivity index (χ0) is 17.8. The molecule has 1 fully saturated rings. The van der Waals surface area contributed by atoms with E-state index >= 15 is 0 Å². The molecule has 3 heteroatoms. The molecule has 1 aliphatic rings. The van der Waals surface area contributed by atoms with Crippen LogP contribution in [0.3, 0.4) is 0 Å². The Morgan fingerprint density at radius 3 is 2.17 bits per heavy atom. The number of nitrogens with one attached hydrogen (secondary N) is 1. The van der Waals surface area contributed by atoms with Crippen LogP contribution in [0, 0.1) is 27.6 Å². The van der Waals surface area contributed by atoms with Crippen molar-refractivity contribution in [2.45, 2.75) is 40.7 Å². The Morgan fingerprint density at radius 1 is 1.04 bits per heavy atom.